The van der Waals surface area contributed by atoms with Crippen LogP contribution in [0, 0.1) is 39.4 Å². The van der Waals surface area contributed by atoms with Gasteiger partial charge in [0.15, 0.2) is 0 Å². The molecule has 0 heterocycles. The van der Waals surface area contributed by atoms with Crippen LogP contribution in [0.25, 0.3) is 0 Å². The average molecular weight is 831 g/mol. The first kappa shape index (κ1) is 52.3. The highest BCUT2D eigenvalue weighted by molar-refractivity contribution is 5.94. The second-order valence-corrected chi connectivity index (χ2v) is 12.2. The molecule has 0 aromatic heterocycles. The molecule has 0 bridgehead atoms. The van der Waals surface area contributed by atoms with Gasteiger partial charge < -0.3 is 43.1 Å². The Balaban J connectivity index is 6.15. The second kappa shape index (κ2) is 30.5. The van der Waals surface area contributed by atoms with Crippen molar-refractivity contribution in [2.75, 3.05) is 80.4 Å². The molecule has 0 rings (SSSR count). The van der Waals surface area contributed by atoms with E-state index in [0.717, 1.165) is 18.2 Å². The molecule has 0 radical (unpaired) electrons. The van der Waals surface area contributed by atoms with Crippen molar-refractivity contribution < 1.29 is 57.2 Å². The maximum Gasteiger partial charge on any atom is 0.348 e. The molecule has 0 aromatic rings. The lowest BCUT2D eigenvalue weighted by Gasteiger charge is -2.30. The van der Waals surface area contributed by atoms with E-state index < -0.39 is 77.8 Å². The summed E-state index contributed by atoms with van der Waals surface area (Å²) in [7, 11) is 4.99. The highest BCUT2D eigenvalue weighted by Gasteiger charge is 2.35. The summed E-state index contributed by atoms with van der Waals surface area (Å²) in [5, 5.41) is 29.0. The van der Waals surface area contributed by atoms with Crippen molar-refractivity contribution in [3.05, 3.63) is 110 Å². The predicted octanol–water partition coefficient (Wildman–Crippen LogP) is 2.89. The Morgan fingerprint density at radius 2 is 0.783 bits per heavy atom. The minimum absolute atomic E-state index is 0.0589. The number of hydrogen-bond donors (Lipinski definition) is 0. The zero-order valence-electron chi connectivity index (χ0n) is 34.2. The van der Waals surface area contributed by atoms with Gasteiger partial charge in [-0.25, -0.2) is 28.8 Å². The maximum absolute atomic E-state index is 13.0. The lowest BCUT2D eigenvalue weighted by atomic mass is 9.88. The van der Waals surface area contributed by atoms with E-state index >= 15 is 0 Å². The molecule has 0 fully saturated rings. The van der Waals surface area contributed by atoms with Gasteiger partial charge in [-0.1, -0.05) is 26.7 Å². The van der Waals surface area contributed by atoms with Crippen LogP contribution in [0.2, 0.25) is 0 Å². The number of carbonyl (C=O) groups is 6. The van der Waals surface area contributed by atoms with Gasteiger partial charge >= 0.3 is 35.8 Å². The van der Waals surface area contributed by atoms with Crippen molar-refractivity contribution in [1.29, 1.82) is 15.8 Å². The Bertz CT molecular complexity index is 1650. The fraction of sp³-hybridized carbons (Fsp3) is 0.357. The van der Waals surface area contributed by atoms with E-state index in [9.17, 15) is 44.6 Å². The standard InChI is InChI=1S/C42H50N6O12/c1-8-36(49)55-24-21-46(5)18-12-15-33(27-43)39(52)58-30-42(11-4,31-59-40(53)34(28-44)16-13-19-47(6)22-25-56-37(50)9-2)32-60-41(54)35(29-45)17-14-20-48(7)23-26-57-38(51)10-3/h8-10,12-20H,1-3,11,21-26,30-32H2,4-7H3/b18-12+,19-13+,20-14+,33-15+,34-16+,35-17+. The van der Waals surface area contributed by atoms with Gasteiger partial charge in [0.05, 0.1) is 25.0 Å². The third-order valence-electron chi connectivity index (χ3n) is 7.67. The van der Waals surface area contributed by atoms with E-state index in [4.69, 9.17) is 28.4 Å². The molecular formula is C42H50N6O12. The van der Waals surface area contributed by atoms with Crippen molar-refractivity contribution in [3.8, 4) is 18.2 Å². The third-order valence-corrected chi connectivity index (χ3v) is 7.67. The van der Waals surface area contributed by atoms with Crippen LogP contribution < -0.4 is 0 Å². The normalized spacial score (nSPS) is 11.7. The summed E-state index contributed by atoms with van der Waals surface area (Å²) in [6.07, 6.45) is 15.4. The van der Waals surface area contributed by atoms with Gasteiger partial charge in [-0.15, -0.1) is 0 Å². The monoisotopic (exact) mass is 830 g/mol. The molecule has 0 saturated heterocycles. The summed E-state index contributed by atoms with van der Waals surface area (Å²) in [5.41, 5.74) is -2.66. The molecule has 320 valence electrons. The first-order valence-electron chi connectivity index (χ1n) is 18.0. The van der Waals surface area contributed by atoms with Crippen LogP contribution in [0.15, 0.2) is 110 Å². The molecule has 60 heavy (non-hydrogen) atoms. The number of rotatable bonds is 28. The van der Waals surface area contributed by atoms with Crippen LogP contribution in [-0.4, -0.2) is 131 Å². The van der Waals surface area contributed by atoms with Gasteiger partial charge in [0.1, 0.15) is 74.6 Å². The average Bonchev–Trinajstić information content (AvgIpc) is 3.24. The van der Waals surface area contributed by atoms with E-state index in [-0.39, 0.29) is 26.2 Å². The summed E-state index contributed by atoms with van der Waals surface area (Å²) in [6, 6.07) is 5.22. The quantitative estimate of drug-likeness (QED) is 0.0362. The Kier molecular flexibility index (Phi) is 26.6. The molecule has 0 aliphatic rings. The van der Waals surface area contributed by atoms with Crippen LogP contribution in [0.4, 0.5) is 0 Å². The molecule has 0 spiro atoms. The Morgan fingerprint density at radius 3 is 1.00 bits per heavy atom. The molecule has 0 atom stereocenters. The highest BCUT2D eigenvalue weighted by Crippen LogP contribution is 2.26. The van der Waals surface area contributed by atoms with E-state index in [1.54, 1.807) is 61.0 Å². The van der Waals surface area contributed by atoms with Crippen molar-refractivity contribution in [3.63, 3.8) is 0 Å². The lowest BCUT2D eigenvalue weighted by Crippen LogP contribution is -2.39. The number of nitrogens with zero attached hydrogens (tertiary/aromatic N) is 6. The summed E-state index contributed by atoms with van der Waals surface area (Å²) >= 11 is 0. The summed E-state index contributed by atoms with van der Waals surface area (Å²) < 4.78 is 31.1. The van der Waals surface area contributed by atoms with Crippen molar-refractivity contribution in [2.24, 2.45) is 5.41 Å². The number of ether oxygens (including phenoxy) is 6. The highest BCUT2D eigenvalue weighted by atomic mass is 16.6. The molecule has 18 nitrogen and oxygen atoms in total. The van der Waals surface area contributed by atoms with Crippen LogP contribution >= 0.6 is 0 Å². The van der Waals surface area contributed by atoms with Crippen LogP contribution in [0.5, 0.6) is 0 Å². The zero-order chi connectivity index (χ0) is 45.3. The van der Waals surface area contributed by atoms with Gasteiger partial charge in [-0.05, 0) is 61.5 Å². The fourth-order valence-corrected chi connectivity index (χ4v) is 3.90. The molecule has 0 aromatic carbocycles. The summed E-state index contributed by atoms with van der Waals surface area (Å²) in [5.74, 6) is -4.93. The van der Waals surface area contributed by atoms with E-state index in [1.807, 2.05) is 0 Å². The maximum atomic E-state index is 13.0. The first-order chi connectivity index (χ1) is 28.6. The predicted molar refractivity (Wildman–Crippen MR) is 215 cm³/mol. The number of hydrogen-bond acceptors (Lipinski definition) is 18. The van der Waals surface area contributed by atoms with E-state index in [0.29, 0.717) is 19.6 Å². The first-order valence-corrected chi connectivity index (χ1v) is 18.0. The Morgan fingerprint density at radius 1 is 0.517 bits per heavy atom. The third kappa shape index (κ3) is 22.8. The fourth-order valence-electron chi connectivity index (χ4n) is 3.90. The number of nitriles is 3. The van der Waals surface area contributed by atoms with E-state index in [1.165, 1.54) is 55.1 Å². The molecule has 0 amide bonds. The number of allylic oxidation sites excluding steroid dienone is 6. The summed E-state index contributed by atoms with van der Waals surface area (Å²) in [6.45, 7) is 11.0. The van der Waals surface area contributed by atoms with Gasteiger partial charge in [-0.2, -0.15) is 15.8 Å². The van der Waals surface area contributed by atoms with Gasteiger partial charge in [0.25, 0.3) is 0 Å². The molecule has 18 heteroatoms. The number of carbonyl (C=O) groups excluding carboxylic acids is 6. The van der Waals surface area contributed by atoms with Crippen molar-refractivity contribution in [1.82, 2.24) is 14.7 Å². The van der Waals surface area contributed by atoms with E-state index in [2.05, 4.69) is 19.7 Å². The lowest BCUT2D eigenvalue weighted by molar-refractivity contribution is -0.157. The minimum Gasteiger partial charge on any atom is -0.461 e. The molecule has 0 aliphatic heterocycles. The molecular weight excluding hydrogens is 780 g/mol. The van der Waals surface area contributed by atoms with Gasteiger partial charge in [0.2, 0.25) is 0 Å². The number of likely N-dealkylation sites (N-methyl/N-ethyl adjacent to an activating group) is 3. The minimum atomic E-state index is -1.43. The van der Waals surface area contributed by atoms with Crippen LogP contribution in [-0.2, 0) is 57.2 Å². The zero-order valence-corrected chi connectivity index (χ0v) is 34.2. The topological polar surface area (TPSA) is 239 Å². The Hall–Kier alpha value is -7.65. The van der Waals surface area contributed by atoms with Crippen LogP contribution in [0.1, 0.15) is 13.3 Å². The largest absolute Gasteiger partial charge is 0.461 e. The molecule has 0 saturated carbocycles. The van der Waals surface area contributed by atoms with Crippen molar-refractivity contribution >= 4 is 35.8 Å². The second-order valence-electron chi connectivity index (χ2n) is 12.2. The molecule has 0 aliphatic carbocycles. The SMILES string of the molecule is C=CC(=O)OCCN(C)/C=C/C=C(\C#N)C(=O)OCC(CC)(COC(=O)/C(C#N)=C/C=C/N(C)CCOC(=O)C=C)COC(=O)/C(C#N)=C/C=C/N(C)CCOC(=O)C=C. The van der Waals surface area contributed by atoms with Gasteiger partial charge in [-0.3, -0.25) is 0 Å². The molecule has 0 unspecified atom stereocenters. The summed E-state index contributed by atoms with van der Waals surface area (Å²) in [4.78, 5) is 77.6. The Labute approximate surface area is 350 Å². The molecule has 0 N–H and O–H groups in total. The number of esters is 6. The van der Waals surface area contributed by atoms with Gasteiger partial charge in [0, 0.05) is 39.4 Å². The van der Waals surface area contributed by atoms with Crippen molar-refractivity contribution in [2.45, 2.75) is 13.3 Å². The van der Waals surface area contributed by atoms with Crippen LogP contribution in [0.3, 0.4) is 0 Å². The smallest absolute Gasteiger partial charge is 0.348 e.